The molecule has 0 saturated carbocycles. The van der Waals surface area contributed by atoms with E-state index in [1.165, 1.54) is 4.90 Å². The molecule has 0 radical (unpaired) electrons. The molecule has 0 aliphatic carbocycles. The number of nitrogens with two attached hydrogens (primary N) is 1. The van der Waals surface area contributed by atoms with Crippen molar-refractivity contribution >= 4 is 17.5 Å². The summed E-state index contributed by atoms with van der Waals surface area (Å²) in [5.74, 6) is 0.396. The van der Waals surface area contributed by atoms with Gasteiger partial charge in [0.05, 0.1) is 5.69 Å². The molecule has 2 heterocycles. The molecule has 1 amide bonds. The van der Waals surface area contributed by atoms with E-state index in [1.807, 2.05) is 19.9 Å². The van der Waals surface area contributed by atoms with Gasteiger partial charge in [-0.3, -0.25) is 0 Å². The maximum absolute atomic E-state index is 11.0. The number of carbonyl (C=O) groups is 1. The quantitative estimate of drug-likeness (QED) is 0.786. The number of amides is 1. The highest BCUT2D eigenvalue weighted by atomic mass is 16.4. The summed E-state index contributed by atoms with van der Waals surface area (Å²) in [7, 11) is 0. The van der Waals surface area contributed by atoms with Crippen molar-refractivity contribution in [1.29, 1.82) is 0 Å². The van der Waals surface area contributed by atoms with E-state index in [0.29, 0.717) is 18.8 Å². The molecular formula is C12H16N4O2. The van der Waals surface area contributed by atoms with Crippen molar-refractivity contribution in [2.45, 2.75) is 26.3 Å². The van der Waals surface area contributed by atoms with Crippen LogP contribution in [0.15, 0.2) is 12.1 Å². The van der Waals surface area contributed by atoms with E-state index in [1.54, 1.807) is 6.07 Å². The number of nitrogen functional groups attached to an aromatic ring is 1. The summed E-state index contributed by atoms with van der Waals surface area (Å²) in [5.41, 5.74) is 8.37. The predicted octanol–water partition coefficient (Wildman–Crippen LogP) is 1.52. The van der Waals surface area contributed by atoms with Gasteiger partial charge >= 0.3 is 6.09 Å². The van der Waals surface area contributed by atoms with Gasteiger partial charge in [-0.25, -0.2) is 4.79 Å². The maximum Gasteiger partial charge on any atom is 0.407 e. The van der Waals surface area contributed by atoms with Crippen LogP contribution in [-0.4, -0.2) is 38.9 Å². The Morgan fingerprint density at radius 3 is 2.83 bits per heavy atom. The number of nitrogens with zero attached hydrogens (tertiary/aromatic N) is 3. The number of anilines is 1. The second-order valence-corrected chi connectivity index (χ2v) is 4.52. The minimum absolute atomic E-state index is 0.0544. The molecule has 18 heavy (non-hydrogen) atoms. The van der Waals surface area contributed by atoms with Crippen molar-refractivity contribution in [2.24, 2.45) is 0 Å². The van der Waals surface area contributed by atoms with Gasteiger partial charge in [-0.05, 0) is 37.5 Å². The molecule has 1 aromatic rings. The number of carboxylic acid groups (broad SMARTS) is 1. The molecule has 1 aliphatic heterocycles. The smallest absolute Gasteiger partial charge is 0.407 e. The molecule has 0 unspecified atom stereocenters. The molecule has 1 atom stereocenters. The average Bonchev–Trinajstić information content (AvgIpc) is 2.28. The molecule has 2 rings (SSSR count). The first-order valence-corrected chi connectivity index (χ1v) is 5.78. The lowest BCUT2D eigenvalue weighted by molar-refractivity contribution is 0.133. The van der Waals surface area contributed by atoms with Gasteiger partial charge in [0.25, 0.3) is 0 Å². The number of rotatable bonds is 1. The summed E-state index contributed by atoms with van der Waals surface area (Å²) in [5, 5.41) is 17.0. The predicted molar refractivity (Wildman–Crippen MR) is 68.0 cm³/mol. The Bertz CT molecular complexity index is 513. The van der Waals surface area contributed by atoms with Crippen molar-refractivity contribution in [3.8, 4) is 0 Å². The van der Waals surface area contributed by atoms with Crippen LogP contribution in [0.5, 0.6) is 0 Å². The Kier molecular flexibility index (Phi) is 3.18. The van der Waals surface area contributed by atoms with E-state index < -0.39 is 6.09 Å². The molecule has 6 heteroatoms. The monoisotopic (exact) mass is 248 g/mol. The Balaban J connectivity index is 2.28. The summed E-state index contributed by atoms with van der Waals surface area (Å²) in [6, 6.07) is 1.72. The zero-order chi connectivity index (χ0) is 13.3. The molecule has 6 nitrogen and oxygen atoms in total. The van der Waals surface area contributed by atoms with Crippen LogP contribution in [0.3, 0.4) is 0 Å². The minimum Gasteiger partial charge on any atom is -0.465 e. The number of hydrogen-bond acceptors (Lipinski definition) is 4. The molecule has 0 bridgehead atoms. The van der Waals surface area contributed by atoms with Gasteiger partial charge in [0.1, 0.15) is 5.82 Å². The molecule has 1 aromatic heterocycles. The lowest BCUT2D eigenvalue weighted by atomic mass is 9.96. The Morgan fingerprint density at radius 1 is 1.56 bits per heavy atom. The molecule has 0 saturated heterocycles. The van der Waals surface area contributed by atoms with Gasteiger partial charge in [0, 0.05) is 12.6 Å². The van der Waals surface area contributed by atoms with E-state index >= 15 is 0 Å². The average molecular weight is 248 g/mol. The van der Waals surface area contributed by atoms with E-state index in [4.69, 9.17) is 10.8 Å². The lowest BCUT2D eigenvalue weighted by Crippen LogP contribution is -2.40. The third kappa shape index (κ3) is 2.27. The molecule has 0 aromatic carbocycles. The number of aryl methyl sites for hydroxylation is 1. The van der Waals surface area contributed by atoms with Crippen molar-refractivity contribution in [1.82, 2.24) is 15.1 Å². The van der Waals surface area contributed by atoms with Crippen molar-refractivity contribution in [2.75, 3.05) is 12.3 Å². The zero-order valence-electron chi connectivity index (χ0n) is 10.4. The summed E-state index contributed by atoms with van der Waals surface area (Å²) in [6.45, 7) is 4.20. The molecular weight excluding hydrogens is 232 g/mol. The standard InChI is InChI=1S/C12H16N4O2/c1-7-5-10(13)14-15-11(7)9-3-4-16(12(17)18)8(2)6-9/h3,5,8H,4,6H2,1-2H3,(H2,13,14)(H,17,18)/t8-/m0/s1. The van der Waals surface area contributed by atoms with Gasteiger partial charge in [-0.15, -0.1) is 10.2 Å². The van der Waals surface area contributed by atoms with Crippen LogP contribution in [-0.2, 0) is 0 Å². The summed E-state index contributed by atoms with van der Waals surface area (Å²) in [6.07, 6.45) is 1.64. The second-order valence-electron chi connectivity index (χ2n) is 4.52. The van der Waals surface area contributed by atoms with Gasteiger partial charge < -0.3 is 15.7 Å². The third-order valence-corrected chi connectivity index (χ3v) is 3.14. The van der Waals surface area contributed by atoms with Crippen LogP contribution in [0, 0.1) is 6.92 Å². The number of aromatic nitrogens is 2. The minimum atomic E-state index is -0.891. The Morgan fingerprint density at radius 2 is 2.28 bits per heavy atom. The van der Waals surface area contributed by atoms with Gasteiger partial charge in [-0.1, -0.05) is 6.08 Å². The fourth-order valence-electron chi connectivity index (χ4n) is 2.18. The topological polar surface area (TPSA) is 92.3 Å². The zero-order valence-corrected chi connectivity index (χ0v) is 10.4. The number of hydrogen-bond donors (Lipinski definition) is 2. The second kappa shape index (κ2) is 4.64. The van der Waals surface area contributed by atoms with Crippen LogP contribution in [0.1, 0.15) is 24.6 Å². The van der Waals surface area contributed by atoms with E-state index in [2.05, 4.69) is 10.2 Å². The molecule has 0 spiro atoms. The van der Waals surface area contributed by atoms with Gasteiger partial charge in [0.2, 0.25) is 0 Å². The van der Waals surface area contributed by atoms with Crippen LogP contribution >= 0.6 is 0 Å². The van der Waals surface area contributed by atoms with Crippen LogP contribution in [0.4, 0.5) is 10.6 Å². The van der Waals surface area contributed by atoms with Crippen molar-refractivity contribution in [3.05, 3.63) is 23.4 Å². The molecule has 0 fully saturated rings. The fraction of sp³-hybridized carbons (Fsp3) is 0.417. The fourth-order valence-corrected chi connectivity index (χ4v) is 2.18. The first-order valence-electron chi connectivity index (χ1n) is 5.78. The Labute approximate surface area is 105 Å². The highest BCUT2D eigenvalue weighted by Crippen LogP contribution is 2.27. The van der Waals surface area contributed by atoms with Gasteiger partial charge in [-0.2, -0.15) is 0 Å². The highest BCUT2D eigenvalue weighted by Gasteiger charge is 2.25. The van der Waals surface area contributed by atoms with Crippen molar-refractivity contribution in [3.63, 3.8) is 0 Å². The first kappa shape index (κ1) is 12.3. The first-order chi connectivity index (χ1) is 8.49. The largest absolute Gasteiger partial charge is 0.465 e. The SMILES string of the molecule is Cc1cc(N)nnc1C1=CCN(C(=O)O)[C@@H](C)C1. The van der Waals surface area contributed by atoms with E-state index in [0.717, 1.165) is 16.8 Å². The Hall–Kier alpha value is -2.11. The summed E-state index contributed by atoms with van der Waals surface area (Å²) < 4.78 is 0. The lowest BCUT2D eigenvalue weighted by Gasteiger charge is -2.30. The van der Waals surface area contributed by atoms with Crippen LogP contribution in [0.25, 0.3) is 5.57 Å². The van der Waals surface area contributed by atoms with Crippen LogP contribution < -0.4 is 5.73 Å². The molecule has 1 aliphatic rings. The van der Waals surface area contributed by atoms with Crippen LogP contribution in [0.2, 0.25) is 0 Å². The molecule has 3 N–H and O–H groups in total. The normalized spacial score (nSPS) is 19.6. The van der Waals surface area contributed by atoms with E-state index in [-0.39, 0.29) is 6.04 Å². The molecule has 96 valence electrons. The van der Waals surface area contributed by atoms with Gasteiger partial charge in [0.15, 0.2) is 0 Å². The summed E-state index contributed by atoms with van der Waals surface area (Å²) >= 11 is 0. The van der Waals surface area contributed by atoms with Crippen molar-refractivity contribution < 1.29 is 9.90 Å². The maximum atomic E-state index is 11.0. The summed E-state index contributed by atoms with van der Waals surface area (Å²) in [4.78, 5) is 12.4. The third-order valence-electron chi connectivity index (χ3n) is 3.14. The highest BCUT2D eigenvalue weighted by molar-refractivity contribution is 5.71. The van der Waals surface area contributed by atoms with E-state index in [9.17, 15) is 4.79 Å².